The fourth-order valence-electron chi connectivity index (χ4n) is 2.05. The number of hydrogen-bond donors (Lipinski definition) is 1. The Balaban J connectivity index is 2.01. The monoisotopic (exact) mass is 349 g/mol. The molecule has 0 atom stereocenters. The third-order valence-electron chi connectivity index (χ3n) is 3.10. The molecule has 0 bridgehead atoms. The summed E-state index contributed by atoms with van der Waals surface area (Å²) in [7, 11) is 1.37. The molecule has 10 heteroatoms. The summed E-state index contributed by atoms with van der Waals surface area (Å²) in [4.78, 5) is 21.0. The molecular formula is C15H13F2N5O3. The molecule has 130 valence electrons. The second kappa shape index (κ2) is 7.62. The minimum absolute atomic E-state index is 0.172. The van der Waals surface area contributed by atoms with E-state index in [2.05, 4.69) is 25.6 Å². The fourth-order valence-corrected chi connectivity index (χ4v) is 2.05. The van der Waals surface area contributed by atoms with Crippen LogP contribution in [0.25, 0.3) is 0 Å². The Morgan fingerprint density at radius 3 is 2.88 bits per heavy atom. The highest BCUT2D eigenvalue weighted by molar-refractivity contribution is 6.47. The number of oxime groups is 1. The normalized spacial score (nSPS) is 14.5. The van der Waals surface area contributed by atoms with Gasteiger partial charge < -0.3 is 9.57 Å². The molecule has 0 saturated heterocycles. The van der Waals surface area contributed by atoms with Gasteiger partial charge >= 0.3 is 0 Å². The molecule has 0 aliphatic carbocycles. The Bertz CT molecular complexity index is 829. The average Bonchev–Trinajstić information content (AvgIpc) is 2.65. The van der Waals surface area contributed by atoms with Crippen LogP contribution in [0.15, 0.2) is 40.7 Å². The summed E-state index contributed by atoms with van der Waals surface area (Å²) in [6.07, 6.45) is 0.862. The van der Waals surface area contributed by atoms with E-state index in [1.807, 2.05) is 0 Å². The Hall–Kier alpha value is -3.14. The number of hydrogen-bond acceptors (Lipinski definition) is 8. The number of nitrogens with one attached hydrogen (secondary N) is 1. The van der Waals surface area contributed by atoms with Gasteiger partial charge in [-0.25, -0.2) is 10.5 Å². The first kappa shape index (κ1) is 16.7. The molecular weight excluding hydrogens is 336 g/mol. The van der Waals surface area contributed by atoms with Crippen LogP contribution in [0.3, 0.4) is 0 Å². The zero-order chi connectivity index (χ0) is 17.6. The molecule has 0 saturated carbocycles. The average molecular weight is 349 g/mol. The molecule has 8 nitrogen and oxygen atoms in total. The maximum atomic E-state index is 13.8. The Kier molecular flexibility index (Phi) is 5.09. The number of halogens is 2. The molecule has 0 radical (unpaired) electrons. The highest BCUT2D eigenvalue weighted by Gasteiger charge is 2.21. The second-order valence-electron chi connectivity index (χ2n) is 4.69. The van der Waals surface area contributed by atoms with Crippen LogP contribution in [0.4, 0.5) is 8.78 Å². The van der Waals surface area contributed by atoms with Gasteiger partial charge in [-0.05, 0) is 12.1 Å². The molecule has 3 rings (SSSR count). The number of aliphatic imine (C=N–C) groups is 1. The van der Waals surface area contributed by atoms with E-state index in [1.165, 1.54) is 7.11 Å². The SMILES string of the molecule is CO/N=C(\C1=NCCON1)c1ccccc1Oc1ncnc(F)c1F. The third-order valence-corrected chi connectivity index (χ3v) is 3.10. The molecule has 0 amide bonds. The Morgan fingerprint density at radius 2 is 2.12 bits per heavy atom. The highest BCUT2D eigenvalue weighted by Crippen LogP contribution is 2.27. The number of benzene rings is 1. The van der Waals surface area contributed by atoms with E-state index in [-0.39, 0.29) is 11.5 Å². The van der Waals surface area contributed by atoms with E-state index in [1.54, 1.807) is 24.3 Å². The van der Waals surface area contributed by atoms with Crippen molar-refractivity contribution < 1.29 is 23.2 Å². The topological polar surface area (TPSA) is 90.2 Å². The van der Waals surface area contributed by atoms with Crippen LogP contribution in [0, 0.1) is 11.8 Å². The van der Waals surface area contributed by atoms with Crippen molar-refractivity contribution in [2.24, 2.45) is 10.1 Å². The molecule has 0 unspecified atom stereocenters. The van der Waals surface area contributed by atoms with Gasteiger partial charge in [-0.3, -0.25) is 9.83 Å². The Labute approximate surface area is 141 Å². The zero-order valence-corrected chi connectivity index (χ0v) is 13.1. The van der Waals surface area contributed by atoms with Crippen molar-refractivity contribution in [1.29, 1.82) is 0 Å². The van der Waals surface area contributed by atoms with E-state index >= 15 is 0 Å². The number of nitrogens with zero attached hydrogens (tertiary/aromatic N) is 4. The summed E-state index contributed by atoms with van der Waals surface area (Å²) < 4.78 is 32.5. The number of aromatic nitrogens is 2. The fraction of sp³-hybridized carbons (Fsp3) is 0.200. The summed E-state index contributed by atoms with van der Waals surface area (Å²) in [6, 6.07) is 6.57. The summed E-state index contributed by atoms with van der Waals surface area (Å²) in [5.41, 5.74) is 3.33. The van der Waals surface area contributed by atoms with Crippen LogP contribution in [0.5, 0.6) is 11.6 Å². The van der Waals surface area contributed by atoms with Crippen LogP contribution >= 0.6 is 0 Å². The third kappa shape index (κ3) is 3.69. The lowest BCUT2D eigenvalue weighted by molar-refractivity contribution is 0.0836. The summed E-state index contributed by atoms with van der Waals surface area (Å²) >= 11 is 0. The van der Waals surface area contributed by atoms with Gasteiger partial charge in [0.2, 0.25) is 5.82 Å². The number of hydroxylamine groups is 1. The number of ether oxygens (including phenoxy) is 1. The molecule has 1 aliphatic rings. The van der Waals surface area contributed by atoms with Gasteiger partial charge in [-0.2, -0.15) is 13.8 Å². The lowest BCUT2D eigenvalue weighted by atomic mass is 10.1. The van der Waals surface area contributed by atoms with E-state index in [4.69, 9.17) is 14.4 Å². The van der Waals surface area contributed by atoms with Crippen LogP contribution in [-0.2, 0) is 9.68 Å². The quantitative estimate of drug-likeness (QED) is 0.503. The van der Waals surface area contributed by atoms with Gasteiger partial charge in [-0.1, -0.05) is 17.3 Å². The number of rotatable bonds is 5. The predicted octanol–water partition coefficient (Wildman–Crippen LogP) is 1.83. The van der Waals surface area contributed by atoms with Gasteiger partial charge in [-0.15, -0.1) is 0 Å². The zero-order valence-electron chi connectivity index (χ0n) is 13.1. The van der Waals surface area contributed by atoms with E-state index in [0.717, 1.165) is 6.33 Å². The van der Waals surface area contributed by atoms with Crippen molar-refractivity contribution >= 4 is 11.5 Å². The molecule has 2 aromatic rings. The lowest BCUT2D eigenvalue weighted by Crippen LogP contribution is -2.37. The maximum Gasteiger partial charge on any atom is 0.262 e. The Morgan fingerprint density at radius 1 is 1.28 bits per heavy atom. The predicted molar refractivity (Wildman–Crippen MR) is 83.4 cm³/mol. The summed E-state index contributed by atoms with van der Waals surface area (Å²) in [5.74, 6) is -2.66. The van der Waals surface area contributed by atoms with Crippen LogP contribution in [-0.4, -0.2) is 41.8 Å². The lowest BCUT2D eigenvalue weighted by Gasteiger charge is -2.17. The van der Waals surface area contributed by atoms with Crippen molar-refractivity contribution in [3.63, 3.8) is 0 Å². The standard InChI is InChI=1S/C15H13F2N5O3/c1-23-21-12(14-18-6-7-24-22-14)9-4-2-3-5-10(9)25-15-11(16)13(17)19-8-20-15/h2-5,8H,6-7H2,1H3,(H,18,22)/b21-12-. The van der Waals surface area contributed by atoms with E-state index < -0.39 is 17.6 Å². The van der Waals surface area contributed by atoms with Gasteiger partial charge in [0, 0.05) is 0 Å². The van der Waals surface area contributed by atoms with Crippen LogP contribution in [0.1, 0.15) is 5.56 Å². The van der Waals surface area contributed by atoms with Gasteiger partial charge in [0.25, 0.3) is 11.8 Å². The minimum atomic E-state index is -1.31. The number of para-hydroxylation sites is 1. The van der Waals surface area contributed by atoms with Gasteiger partial charge in [0.1, 0.15) is 19.2 Å². The van der Waals surface area contributed by atoms with Crippen molar-refractivity contribution in [1.82, 2.24) is 15.4 Å². The molecule has 1 aliphatic heterocycles. The summed E-state index contributed by atoms with van der Waals surface area (Å²) in [6.45, 7) is 0.840. The van der Waals surface area contributed by atoms with Crippen molar-refractivity contribution in [2.45, 2.75) is 0 Å². The van der Waals surface area contributed by atoms with E-state index in [9.17, 15) is 8.78 Å². The molecule has 2 heterocycles. The van der Waals surface area contributed by atoms with Crippen molar-refractivity contribution in [2.75, 3.05) is 20.3 Å². The smallest absolute Gasteiger partial charge is 0.262 e. The molecule has 1 aromatic carbocycles. The van der Waals surface area contributed by atoms with Gasteiger partial charge in [0.05, 0.1) is 18.7 Å². The van der Waals surface area contributed by atoms with Crippen LogP contribution < -0.4 is 10.2 Å². The first-order valence-corrected chi connectivity index (χ1v) is 7.17. The van der Waals surface area contributed by atoms with Crippen molar-refractivity contribution in [3.8, 4) is 11.6 Å². The molecule has 1 aromatic heterocycles. The summed E-state index contributed by atoms with van der Waals surface area (Å²) in [5, 5.41) is 3.92. The van der Waals surface area contributed by atoms with E-state index in [0.29, 0.717) is 24.6 Å². The second-order valence-corrected chi connectivity index (χ2v) is 4.69. The minimum Gasteiger partial charge on any atom is -0.436 e. The van der Waals surface area contributed by atoms with Crippen molar-refractivity contribution in [3.05, 3.63) is 47.9 Å². The molecule has 25 heavy (non-hydrogen) atoms. The largest absolute Gasteiger partial charge is 0.436 e. The first-order valence-electron chi connectivity index (χ1n) is 7.17. The molecule has 1 N–H and O–H groups in total. The van der Waals surface area contributed by atoms with Gasteiger partial charge in [0.15, 0.2) is 11.5 Å². The highest BCUT2D eigenvalue weighted by atomic mass is 19.2. The molecule has 0 spiro atoms. The number of amidine groups is 1. The first-order chi connectivity index (χ1) is 12.2. The maximum absolute atomic E-state index is 13.8. The molecule has 0 fully saturated rings. The van der Waals surface area contributed by atoms with Crippen LogP contribution in [0.2, 0.25) is 0 Å².